The van der Waals surface area contributed by atoms with Crippen molar-refractivity contribution in [2.75, 3.05) is 18.8 Å². The van der Waals surface area contributed by atoms with E-state index >= 15 is 0 Å². The van der Waals surface area contributed by atoms with E-state index < -0.39 is 0 Å². The van der Waals surface area contributed by atoms with E-state index in [9.17, 15) is 4.79 Å². The van der Waals surface area contributed by atoms with Gasteiger partial charge in [-0.1, -0.05) is 0 Å². The van der Waals surface area contributed by atoms with Crippen molar-refractivity contribution in [2.24, 2.45) is 0 Å². The first-order valence-electron chi connectivity index (χ1n) is 7.56. The van der Waals surface area contributed by atoms with Gasteiger partial charge in [0.15, 0.2) is 0 Å². The average molecular weight is 336 g/mol. The van der Waals surface area contributed by atoms with Gasteiger partial charge in [-0.15, -0.1) is 23.1 Å². The summed E-state index contributed by atoms with van der Waals surface area (Å²) < 4.78 is 0. The lowest BCUT2D eigenvalue weighted by molar-refractivity contribution is -0.121. The van der Waals surface area contributed by atoms with Crippen LogP contribution in [0.25, 0.3) is 10.2 Å². The van der Waals surface area contributed by atoms with E-state index in [1.807, 2.05) is 0 Å². The molecule has 1 saturated heterocycles. The Hall–Kier alpha value is -1.18. The molecule has 0 aromatic carbocycles. The fourth-order valence-corrected chi connectivity index (χ4v) is 4.40. The molecule has 0 spiro atoms. The molecule has 118 valence electrons. The SMILES string of the molecule is Cc1cc2c(SCCC(=O)NC3CCNCC3)ncnc2s1. The van der Waals surface area contributed by atoms with Gasteiger partial charge in [0.2, 0.25) is 5.91 Å². The zero-order valence-corrected chi connectivity index (χ0v) is 14.2. The lowest BCUT2D eigenvalue weighted by atomic mass is 10.1. The zero-order chi connectivity index (χ0) is 15.4. The maximum Gasteiger partial charge on any atom is 0.221 e. The van der Waals surface area contributed by atoms with Crippen molar-refractivity contribution in [3.8, 4) is 0 Å². The van der Waals surface area contributed by atoms with Gasteiger partial charge in [-0.25, -0.2) is 9.97 Å². The van der Waals surface area contributed by atoms with Crippen LogP contribution in [-0.2, 0) is 4.79 Å². The van der Waals surface area contributed by atoms with Crippen LogP contribution in [0.15, 0.2) is 17.4 Å². The van der Waals surface area contributed by atoms with Crippen LogP contribution in [0.5, 0.6) is 0 Å². The van der Waals surface area contributed by atoms with Crippen LogP contribution in [0.4, 0.5) is 0 Å². The van der Waals surface area contributed by atoms with E-state index in [1.54, 1.807) is 29.4 Å². The predicted octanol–water partition coefficient (Wildman–Crippen LogP) is 2.35. The molecule has 3 rings (SSSR count). The second-order valence-corrected chi connectivity index (χ2v) is 7.76. The van der Waals surface area contributed by atoms with Crippen molar-refractivity contribution in [1.82, 2.24) is 20.6 Å². The molecular formula is C15H20N4OS2. The first-order valence-corrected chi connectivity index (χ1v) is 9.36. The highest BCUT2D eigenvalue weighted by molar-refractivity contribution is 7.99. The first-order chi connectivity index (χ1) is 10.7. The number of thiophene rings is 1. The molecule has 7 heteroatoms. The second kappa shape index (κ2) is 7.39. The van der Waals surface area contributed by atoms with Gasteiger partial charge in [0.1, 0.15) is 16.2 Å². The molecule has 1 amide bonds. The highest BCUT2D eigenvalue weighted by atomic mass is 32.2. The highest BCUT2D eigenvalue weighted by Crippen LogP contribution is 2.30. The lowest BCUT2D eigenvalue weighted by Crippen LogP contribution is -2.42. The number of piperidine rings is 1. The van der Waals surface area contributed by atoms with Gasteiger partial charge < -0.3 is 10.6 Å². The molecule has 1 aliphatic rings. The van der Waals surface area contributed by atoms with Gasteiger partial charge in [0.25, 0.3) is 0 Å². The maximum atomic E-state index is 12.0. The summed E-state index contributed by atoms with van der Waals surface area (Å²) in [6.07, 6.45) is 4.19. The van der Waals surface area contributed by atoms with E-state index in [4.69, 9.17) is 0 Å². The molecule has 1 fully saturated rings. The monoisotopic (exact) mass is 336 g/mol. The van der Waals surface area contributed by atoms with Crippen molar-refractivity contribution in [2.45, 2.75) is 37.3 Å². The molecule has 2 N–H and O–H groups in total. The van der Waals surface area contributed by atoms with Crippen molar-refractivity contribution in [1.29, 1.82) is 0 Å². The van der Waals surface area contributed by atoms with E-state index in [0.29, 0.717) is 12.5 Å². The van der Waals surface area contributed by atoms with Gasteiger partial charge in [-0.3, -0.25) is 4.79 Å². The summed E-state index contributed by atoms with van der Waals surface area (Å²) in [5.41, 5.74) is 0. The van der Waals surface area contributed by atoms with Gasteiger partial charge in [0.05, 0.1) is 0 Å². The summed E-state index contributed by atoms with van der Waals surface area (Å²) in [5.74, 6) is 0.892. The van der Waals surface area contributed by atoms with Crippen LogP contribution in [0.1, 0.15) is 24.1 Å². The summed E-state index contributed by atoms with van der Waals surface area (Å²) in [6.45, 7) is 4.07. The first kappa shape index (κ1) is 15.7. The molecule has 0 aliphatic carbocycles. The largest absolute Gasteiger partial charge is 0.353 e. The van der Waals surface area contributed by atoms with E-state index in [0.717, 1.165) is 46.9 Å². The van der Waals surface area contributed by atoms with Crippen LogP contribution in [0, 0.1) is 6.92 Å². The zero-order valence-electron chi connectivity index (χ0n) is 12.6. The summed E-state index contributed by atoms with van der Waals surface area (Å²) in [6, 6.07) is 2.46. The number of carbonyl (C=O) groups excluding carboxylic acids is 1. The fourth-order valence-electron chi connectivity index (χ4n) is 2.58. The van der Waals surface area contributed by atoms with E-state index in [1.165, 1.54) is 4.88 Å². The Morgan fingerprint density at radius 2 is 2.27 bits per heavy atom. The normalized spacial score (nSPS) is 16.0. The molecule has 0 unspecified atom stereocenters. The number of rotatable bonds is 5. The minimum Gasteiger partial charge on any atom is -0.353 e. The molecule has 0 saturated carbocycles. The van der Waals surface area contributed by atoms with Crippen molar-refractivity contribution < 1.29 is 4.79 Å². The van der Waals surface area contributed by atoms with Gasteiger partial charge in [-0.05, 0) is 38.9 Å². The minimum atomic E-state index is 0.145. The number of amides is 1. The second-order valence-electron chi connectivity index (χ2n) is 5.44. The number of carbonyl (C=O) groups is 1. The molecule has 2 aromatic rings. The average Bonchev–Trinajstić information content (AvgIpc) is 2.89. The van der Waals surface area contributed by atoms with E-state index in [-0.39, 0.29) is 5.91 Å². The van der Waals surface area contributed by atoms with Crippen LogP contribution >= 0.6 is 23.1 Å². The van der Waals surface area contributed by atoms with Gasteiger partial charge >= 0.3 is 0 Å². The van der Waals surface area contributed by atoms with Crippen LogP contribution in [0.2, 0.25) is 0 Å². The third-order valence-electron chi connectivity index (χ3n) is 3.69. The number of nitrogens with zero attached hydrogens (tertiary/aromatic N) is 2. The highest BCUT2D eigenvalue weighted by Gasteiger charge is 2.15. The van der Waals surface area contributed by atoms with E-state index in [2.05, 4.69) is 33.6 Å². The molecule has 3 heterocycles. The Labute approximate surface area is 138 Å². The quantitative estimate of drug-likeness (QED) is 0.648. The maximum absolute atomic E-state index is 12.0. The summed E-state index contributed by atoms with van der Waals surface area (Å²) >= 11 is 3.32. The smallest absolute Gasteiger partial charge is 0.221 e. The number of thioether (sulfide) groups is 1. The van der Waals surface area contributed by atoms with Crippen LogP contribution in [-0.4, -0.2) is 40.8 Å². The Morgan fingerprint density at radius 1 is 1.45 bits per heavy atom. The van der Waals surface area contributed by atoms with Crippen LogP contribution in [0.3, 0.4) is 0 Å². The number of aromatic nitrogens is 2. The molecule has 2 aromatic heterocycles. The number of aryl methyl sites for hydroxylation is 1. The third kappa shape index (κ3) is 3.97. The Balaban J connectivity index is 1.50. The van der Waals surface area contributed by atoms with Gasteiger partial charge in [-0.2, -0.15) is 0 Å². The molecule has 1 aliphatic heterocycles. The van der Waals surface area contributed by atoms with Crippen LogP contribution < -0.4 is 10.6 Å². The van der Waals surface area contributed by atoms with Crippen molar-refractivity contribution in [3.63, 3.8) is 0 Å². The minimum absolute atomic E-state index is 0.145. The van der Waals surface area contributed by atoms with Crippen molar-refractivity contribution in [3.05, 3.63) is 17.3 Å². The fraction of sp³-hybridized carbons (Fsp3) is 0.533. The van der Waals surface area contributed by atoms with Gasteiger partial charge in [0, 0.05) is 28.5 Å². The molecule has 22 heavy (non-hydrogen) atoms. The summed E-state index contributed by atoms with van der Waals surface area (Å²) in [4.78, 5) is 22.9. The molecule has 0 bridgehead atoms. The molecule has 0 atom stereocenters. The lowest BCUT2D eigenvalue weighted by Gasteiger charge is -2.23. The standard InChI is InChI=1S/C15H20N4OS2/c1-10-8-12-14(17-9-18-15(12)22-10)21-7-4-13(20)19-11-2-5-16-6-3-11/h8-9,11,16H,2-7H2,1H3,(H,19,20). The Kier molecular flexibility index (Phi) is 5.28. The summed E-state index contributed by atoms with van der Waals surface area (Å²) in [7, 11) is 0. The topological polar surface area (TPSA) is 66.9 Å². The number of fused-ring (bicyclic) bond motifs is 1. The molecular weight excluding hydrogens is 316 g/mol. The number of hydrogen-bond acceptors (Lipinski definition) is 6. The molecule has 0 radical (unpaired) electrons. The van der Waals surface area contributed by atoms with Crippen molar-refractivity contribution >= 4 is 39.2 Å². The molecule has 5 nitrogen and oxygen atoms in total. The Morgan fingerprint density at radius 3 is 3.09 bits per heavy atom. The third-order valence-corrected chi connectivity index (χ3v) is 5.65. The number of nitrogens with one attached hydrogen (secondary N) is 2. The Bertz CT molecular complexity index is 652. The number of hydrogen-bond donors (Lipinski definition) is 2. The summed E-state index contributed by atoms with van der Waals surface area (Å²) in [5, 5.41) is 8.51. The predicted molar refractivity (Wildman–Crippen MR) is 91.5 cm³/mol.